The molecule has 0 radical (unpaired) electrons. The summed E-state index contributed by atoms with van der Waals surface area (Å²) in [5.74, 6) is -1.49. The molecule has 5 atom stereocenters. The van der Waals surface area contributed by atoms with Crippen LogP contribution in [0.15, 0.2) is 24.4 Å². The number of fused-ring (bicyclic) bond motifs is 1. The average molecular weight is 378 g/mol. The molecule has 10 heteroatoms. The molecule has 1 aliphatic heterocycles. The van der Waals surface area contributed by atoms with Crippen LogP contribution in [-0.4, -0.2) is 61.8 Å². The first-order chi connectivity index (χ1) is 11.3. The van der Waals surface area contributed by atoms with Gasteiger partial charge in [-0.2, -0.15) is 4.73 Å². The van der Waals surface area contributed by atoms with Crippen LogP contribution >= 0.6 is 23.2 Å². The molecule has 130 valence electrons. The predicted octanol–water partition coefficient (Wildman–Crippen LogP) is 0.269. The van der Waals surface area contributed by atoms with Gasteiger partial charge in [0.05, 0.1) is 10.5 Å². The van der Waals surface area contributed by atoms with Gasteiger partial charge in [0.1, 0.15) is 18.3 Å². The second-order valence-corrected chi connectivity index (χ2v) is 6.15. The molecule has 1 aliphatic rings. The van der Waals surface area contributed by atoms with Crippen molar-refractivity contribution < 1.29 is 34.8 Å². The molecule has 0 amide bonds. The number of benzene rings is 1. The van der Waals surface area contributed by atoms with Gasteiger partial charge in [-0.25, -0.2) is 4.79 Å². The van der Waals surface area contributed by atoms with E-state index in [9.17, 15) is 20.1 Å². The molecular formula is C14H13Cl2NO7. The first-order valence-corrected chi connectivity index (χ1v) is 7.61. The summed E-state index contributed by atoms with van der Waals surface area (Å²) in [6.45, 7) is 0. The van der Waals surface area contributed by atoms with Crippen LogP contribution < -0.4 is 4.84 Å². The molecular weight excluding hydrogens is 365 g/mol. The van der Waals surface area contributed by atoms with E-state index in [1.165, 1.54) is 10.9 Å². The van der Waals surface area contributed by atoms with Gasteiger partial charge in [-0.1, -0.05) is 23.2 Å². The molecule has 1 saturated heterocycles. The third-order valence-corrected chi connectivity index (χ3v) is 4.25. The molecule has 1 aromatic carbocycles. The van der Waals surface area contributed by atoms with E-state index in [1.54, 1.807) is 18.2 Å². The van der Waals surface area contributed by atoms with E-state index in [0.717, 1.165) is 0 Å². The minimum absolute atomic E-state index is 0.347. The van der Waals surface area contributed by atoms with Crippen molar-refractivity contribution in [3.8, 4) is 0 Å². The van der Waals surface area contributed by atoms with Crippen molar-refractivity contribution in [2.75, 3.05) is 0 Å². The number of nitrogens with zero attached hydrogens (tertiary/aromatic N) is 1. The smallest absolute Gasteiger partial charge is 0.335 e. The molecule has 8 nitrogen and oxygen atoms in total. The summed E-state index contributed by atoms with van der Waals surface area (Å²) < 4.78 is 6.24. The largest absolute Gasteiger partial charge is 0.479 e. The molecule has 1 fully saturated rings. The Balaban J connectivity index is 1.91. The fraction of sp³-hybridized carbons (Fsp3) is 0.357. The van der Waals surface area contributed by atoms with E-state index in [4.69, 9.17) is 37.9 Å². The van der Waals surface area contributed by atoms with Gasteiger partial charge in [0, 0.05) is 16.6 Å². The molecule has 2 aromatic rings. The van der Waals surface area contributed by atoms with Crippen molar-refractivity contribution >= 4 is 40.1 Å². The van der Waals surface area contributed by atoms with Crippen LogP contribution in [0.1, 0.15) is 0 Å². The summed E-state index contributed by atoms with van der Waals surface area (Å²) in [6, 6.07) is 4.73. The topological polar surface area (TPSA) is 121 Å². The number of hydrogen-bond donors (Lipinski definition) is 4. The number of halogens is 2. The Morgan fingerprint density at radius 2 is 1.88 bits per heavy atom. The SMILES string of the molecule is O=C(O)[C@H]1O[C@@H](On2ccc3c(Cl)cc(Cl)cc32)[C@H](O)[C@@H](O)[C@@H]1O. The van der Waals surface area contributed by atoms with Gasteiger partial charge in [-0.3, -0.25) is 0 Å². The Labute approximate surface area is 145 Å². The second kappa shape index (κ2) is 6.40. The highest BCUT2D eigenvalue weighted by Gasteiger charge is 2.48. The standard InChI is InChI=1S/C14H13Cl2NO7/c15-5-3-7(16)6-1-2-17(8(6)4-5)24-14-11(20)9(18)10(19)12(23-14)13(21)22/h1-4,9-12,14,18-20H,(H,21,22)/t9-,10-,11+,12-,14-/m0/s1. The van der Waals surface area contributed by atoms with Crippen LogP contribution in [-0.2, 0) is 9.53 Å². The Hall–Kier alpha value is -1.55. The maximum atomic E-state index is 11.1. The maximum absolute atomic E-state index is 11.1. The fourth-order valence-corrected chi connectivity index (χ4v) is 3.03. The highest BCUT2D eigenvalue weighted by Crippen LogP contribution is 2.29. The van der Waals surface area contributed by atoms with Gasteiger partial charge in [0.2, 0.25) is 0 Å². The first kappa shape index (κ1) is 17.3. The molecule has 0 unspecified atom stereocenters. The number of hydrogen-bond acceptors (Lipinski definition) is 6. The maximum Gasteiger partial charge on any atom is 0.335 e. The molecule has 0 spiro atoms. The van der Waals surface area contributed by atoms with Crippen LogP contribution in [0, 0.1) is 0 Å². The van der Waals surface area contributed by atoms with Crippen molar-refractivity contribution in [1.82, 2.24) is 4.73 Å². The van der Waals surface area contributed by atoms with E-state index in [2.05, 4.69) is 0 Å². The number of aliphatic carboxylic acids is 1. The predicted molar refractivity (Wildman–Crippen MR) is 82.9 cm³/mol. The van der Waals surface area contributed by atoms with Gasteiger partial charge in [0.15, 0.2) is 6.10 Å². The van der Waals surface area contributed by atoms with Gasteiger partial charge in [-0.05, 0) is 18.2 Å². The molecule has 2 heterocycles. The molecule has 3 rings (SSSR count). The van der Waals surface area contributed by atoms with Crippen LogP contribution in [0.5, 0.6) is 0 Å². The number of aromatic nitrogens is 1. The minimum atomic E-state index is -1.79. The van der Waals surface area contributed by atoms with Gasteiger partial charge < -0.3 is 30.0 Å². The number of carbonyl (C=O) groups is 1. The third kappa shape index (κ3) is 2.92. The van der Waals surface area contributed by atoms with E-state index in [-0.39, 0.29) is 0 Å². The highest BCUT2D eigenvalue weighted by molar-refractivity contribution is 6.38. The van der Waals surface area contributed by atoms with E-state index in [1.807, 2.05) is 0 Å². The summed E-state index contributed by atoms with van der Waals surface area (Å²) in [7, 11) is 0. The zero-order valence-corrected chi connectivity index (χ0v) is 13.4. The second-order valence-electron chi connectivity index (χ2n) is 5.30. The number of aliphatic hydroxyl groups is 3. The van der Waals surface area contributed by atoms with Crippen LogP contribution in [0.4, 0.5) is 0 Å². The Morgan fingerprint density at radius 3 is 2.54 bits per heavy atom. The minimum Gasteiger partial charge on any atom is -0.479 e. The average Bonchev–Trinajstić information content (AvgIpc) is 2.90. The summed E-state index contributed by atoms with van der Waals surface area (Å²) in [5.41, 5.74) is 0.454. The number of carboxylic acid groups (broad SMARTS) is 1. The van der Waals surface area contributed by atoms with Gasteiger partial charge in [-0.15, -0.1) is 0 Å². The lowest BCUT2D eigenvalue weighted by Crippen LogP contribution is -2.62. The van der Waals surface area contributed by atoms with Crippen LogP contribution in [0.3, 0.4) is 0 Å². The Kier molecular flexibility index (Phi) is 4.60. The molecule has 0 aliphatic carbocycles. The molecule has 0 saturated carbocycles. The van der Waals surface area contributed by atoms with Gasteiger partial charge in [0.25, 0.3) is 6.29 Å². The van der Waals surface area contributed by atoms with Crippen molar-refractivity contribution in [1.29, 1.82) is 0 Å². The number of ether oxygens (including phenoxy) is 1. The summed E-state index contributed by atoms with van der Waals surface area (Å²) in [6.07, 6.45) is -7.01. The first-order valence-electron chi connectivity index (χ1n) is 6.85. The lowest BCUT2D eigenvalue weighted by atomic mass is 9.99. The molecule has 1 aromatic heterocycles. The monoisotopic (exact) mass is 377 g/mol. The quantitative estimate of drug-likeness (QED) is 0.605. The molecule has 4 N–H and O–H groups in total. The summed E-state index contributed by atoms with van der Waals surface area (Å²) >= 11 is 12.0. The Bertz CT molecular complexity index is 780. The van der Waals surface area contributed by atoms with Gasteiger partial charge >= 0.3 is 5.97 Å². The van der Waals surface area contributed by atoms with E-state index < -0.39 is 36.7 Å². The lowest BCUT2D eigenvalue weighted by molar-refractivity contribution is -0.292. The molecule has 24 heavy (non-hydrogen) atoms. The zero-order chi connectivity index (χ0) is 17.6. The number of rotatable bonds is 3. The molecule has 0 bridgehead atoms. The normalized spacial score (nSPS) is 30.5. The lowest BCUT2D eigenvalue weighted by Gasteiger charge is -2.38. The number of aliphatic hydroxyl groups excluding tert-OH is 3. The Morgan fingerprint density at radius 1 is 1.17 bits per heavy atom. The van der Waals surface area contributed by atoms with Crippen LogP contribution in [0.2, 0.25) is 10.0 Å². The van der Waals surface area contributed by atoms with E-state index in [0.29, 0.717) is 20.9 Å². The zero-order valence-electron chi connectivity index (χ0n) is 11.9. The number of carboxylic acids is 1. The highest BCUT2D eigenvalue weighted by atomic mass is 35.5. The summed E-state index contributed by atoms with van der Waals surface area (Å²) in [4.78, 5) is 16.5. The van der Waals surface area contributed by atoms with E-state index >= 15 is 0 Å². The van der Waals surface area contributed by atoms with Crippen molar-refractivity contribution in [3.63, 3.8) is 0 Å². The van der Waals surface area contributed by atoms with Crippen molar-refractivity contribution in [2.24, 2.45) is 0 Å². The van der Waals surface area contributed by atoms with Crippen LogP contribution in [0.25, 0.3) is 10.9 Å². The fourth-order valence-electron chi connectivity index (χ4n) is 2.48. The third-order valence-electron chi connectivity index (χ3n) is 3.72. The summed E-state index contributed by atoms with van der Waals surface area (Å²) in [5, 5.41) is 39.8. The van der Waals surface area contributed by atoms with Crippen molar-refractivity contribution in [3.05, 3.63) is 34.4 Å². The van der Waals surface area contributed by atoms with Crippen molar-refractivity contribution in [2.45, 2.75) is 30.7 Å².